The molecular formula is C61H56FIr2N3-2. The first-order valence-electron chi connectivity index (χ1n) is 22.1. The third kappa shape index (κ3) is 13.1. The van der Waals surface area contributed by atoms with Gasteiger partial charge in [-0.15, -0.1) is 70.8 Å². The molecular weight excluding hydrogens is 1180 g/mol. The third-order valence-corrected chi connectivity index (χ3v) is 12.0. The predicted molar refractivity (Wildman–Crippen MR) is 270 cm³/mol. The van der Waals surface area contributed by atoms with Crippen LogP contribution in [-0.2, 0) is 40.2 Å². The van der Waals surface area contributed by atoms with Crippen LogP contribution in [0.1, 0.15) is 55.6 Å². The quantitative estimate of drug-likeness (QED) is 0.156. The largest absolute Gasteiger partial charge is 0.304 e. The Balaban J connectivity index is 0.000000185. The Bertz CT molecular complexity index is 2940. The molecule has 0 aliphatic heterocycles. The van der Waals surface area contributed by atoms with Crippen LogP contribution < -0.4 is 0 Å². The first-order valence-corrected chi connectivity index (χ1v) is 22.1. The van der Waals surface area contributed by atoms with Crippen molar-refractivity contribution in [2.75, 3.05) is 0 Å². The molecule has 0 N–H and O–H groups in total. The molecule has 0 saturated carbocycles. The van der Waals surface area contributed by atoms with Crippen molar-refractivity contribution in [2.24, 2.45) is 0 Å². The summed E-state index contributed by atoms with van der Waals surface area (Å²) in [6, 6.07) is 53.4. The topological polar surface area (TPSA) is 38.7 Å². The fourth-order valence-corrected chi connectivity index (χ4v) is 8.07. The van der Waals surface area contributed by atoms with Crippen molar-refractivity contribution in [1.29, 1.82) is 0 Å². The molecule has 6 heteroatoms. The number of hydrogen-bond acceptors (Lipinski definition) is 3. The first-order chi connectivity index (χ1) is 31.2. The van der Waals surface area contributed by atoms with Gasteiger partial charge in [0.05, 0.1) is 5.69 Å². The van der Waals surface area contributed by atoms with E-state index in [0.29, 0.717) is 0 Å². The molecule has 0 aliphatic carbocycles. The number of benzene rings is 6. The van der Waals surface area contributed by atoms with Gasteiger partial charge in [-0.3, -0.25) is 4.98 Å². The van der Waals surface area contributed by atoms with Crippen LogP contribution >= 0.6 is 0 Å². The molecule has 0 spiro atoms. The first kappa shape index (κ1) is 52.0. The maximum atomic E-state index is 13.0. The van der Waals surface area contributed by atoms with Crippen molar-refractivity contribution >= 4 is 0 Å². The second kappa shape index (κ2) is 23.6. The minimum Gasteiger partial charge on any atom is -0.304 e. The summed E-state index contributed by atoms with van der Waals surface area (Å²) in [5.74, 6) is -0.224. The van der Waals surface area contributed by atoms with Crippen LogP contribution in [0.4, 0.5) is 4.39 Å². The second-order valence-corrected chi connectivity index (χ2v) is 17.1. The van der Waals surface area contributed by atoms with Crippen molar-refractivity contribution in [3.05, 3.63) is 232 Å². The average Bonchev–Trinajstić information content (AvgIpc) is 3.29. The molecule has 3 aromatic heterocycles. The molecule has 0 amide bonds. The fraction of sp³-hybridized carbons (Fsp3) is 0.164. The average molecular weight is 1230 g/mol. The summed E-state index contributed by atoms with van der Waals surface area (Å²) in [6.07, 6.45) is 5.58. The molecule has 3 nitrogen and oxygen atoms in total. The van der Waals surface area contributed by atoms with E-state index >= 15 is 0 Å². The summed E-state index contributed by atoms with van der Waals surface area (Å²) in [6.45, 7) is 21.2. The van der Waals surface area contributed by atoms with Crippen LogP contribution in [0.15, 0.2) is 158 Å². The third-order valence-electron chi connectivity index (χ3n) is 12.0. The van der Waals surface area contributed by atoms with Gasteiger partial charge in [0.15, 0.2) is 0 Å². The van der Waals surface area contributed by atoms with Gasteiger partial charge in [-0.25, -0.2) is 4.39 Å². The Kier molecular flexibility index (Phi) is 18.3. The second-order valence-electron chi connectivity index (χ2n) is 17.1. The summed E-state index contributed by atoms with van der Waals surface area (Å²) in [5.41, 5.74) is 25.8. The van der Waals surface area contributed by atoms with Crippen molar-refractivity contribution in [2.45, 2.75) is 69.2 Å². The van der Waals surface area contributed by atoms with E-state index in [1.165, 1.54) is 90.0 Å². The zero-order valence-electron chi connectivity index (χ0n) is 39.9. The summed E-state index contributed by atoms with van der Waals surface area (Å²) in [7, 11) is 0. The number of pyridine rings is 3. The molecule has 0 saturated heterocycles. The predicted octanol–water partition coefficient (Wildman–Crippen LogP) is 16.1. The Morgan fingerprint density at radius 3 is 1.16 bits per heavy atom. The summed E-state index contributed by atoms with van der Waals surface area (Å²) in [4.78, 5) is 13.6. The molecule has 67 heavy (non-hydrogen) atoms. The SMILES string of the molecule is Cc1cc(C)cc(-c2cc[c-]c(-c3nccc(C)c3C)c2)c1.Cc1cc(C)cc(-c2cccc(-c3nccc(C)c3C)c2)c1.Cc1ccnc(-c2[c-]ccc(-c3ccc(F)cc3)c2)c1C.[Ir].[Ir]. The van der Waals surface area contributed by atoms with Gasteiger partial charge in [0.25, 0.3) is 0 Å². The standard InChI is InChI=1S/C21H21N.C21H20N.C19H15FN.2Ir/c2*1-14-10-15(2)12-20(11-14)18-6-5-7-19(13-18)21-17(4)16(3)8-9-22-21;1-13-10-11-21-19(14(13)2)17-5-3-4-16(12-17)15-6-8-18(20)9-7-15;;/h5-13H,1-4H3;5-6,8-13H,1-4H3;3-4,6-12H,1-2H3;;/q;2*-1;;. The minimum absolute atomic E-state index is 0. The normalized spacial score (nSPS) is 10.4. The van der Waals surface area contributed by atoms with Gasteiger partial charge in [-0.2, -0.15) is 0 Å². The molecule has 0 unspecified atom stereocenters. The van der Waals surface area contributed by atoms with E-state index in [2.05, 4.69) is 175 Å². The van der Waals surface area contributed by atoms with Gasteiger partial charge in [0.2, 0.25) is 0 Å². The van der Waals surface area contributed by atoms with Gasteiger partial charge >= 0.3 is 0 Å². The van der Waals surface area contributed by atoms with Crippen LogP contribution in [0.5, 0.6) is 0 Å². The van der Waals surface area contributed by atoms with Crippen LogP contribution in [0.3, 0.4) is 0 Å². The number of aryl methyl sites for hydroxylation is 7. The number of aromatic nitrogens is 3. The van der Waals surface area contributed by atoms with Gasteiger partial charge in [0, 0.05) is 64.4 Å². The summed E-state index contributed by atoms with van der Waals surface area (Å²) < 4.78 is 13.0. The van der Waals surface area contributed by atoms with Crippen LogP contribution in [0.25, 0.3) is 67.2 Å². The van der Waals surface area contributed by atoms with Gasteiger partial charge < -0.3 is 9.97 Å². The number of nitrogens with zero attached hydrogens (tertiary/aromatic N) is 3. The molecule has 2 radical (unpaired) electrons. The Morgan fingerprint density at radius 2 is 0.716 bits per heavy atom. The van der Waals surface area contributed by atoms with Crippen LogP contribution in [0, 0.1) is 87.2 Å². The molecule has 0 fully saturated rings. The van der Waals surface area contributed by atoms with E-state index in [9.17, 15) is 4.39 Å². The summed E-state index contributed by atoms with van der Waals surface area (Å²) in [5, 5.41) is 0. The molecule has 0 bridgehead atoms. The van der Waals surface area contributed by atoms with Gasteiger partial charge in [0.1, 0.15) is 5.82 Å². The van der Waals surface area contributed by atoms with E-state index in [0.717, 1.165) is 44.9 Å². The number of rotatable bonds is 6. The molecule has 0 atom stereocenters. The molecule has 9 rings (SSSR count). The monoisotopic (exact) mass is 1240 g/mol. The Morgan fingerprint density at radius 1 is 0.343 bits per heavy atom. The van der Waals surface area contributed by atoms with E-state index < -0.39 is 0 Å². The van der Waals surface area contributed by atoms with Crippen molar-refractivity contribution in [3.63, 3.8) is 0 Å². The van der Waals surface area contributed by atoms with E-state index in [1.807, 2.05) is 55.0 Å². The van der Waals surface area contributed by atoms with Gasteiger partial charge in [-0.05, 0) is 150 Å². The maximum Gasteiger partial charge on any atom is 0.123 e. The van der Waals surface area contributed by atoms with Gasteiger partial charge in [-0.1, -0.05) is 111 Å². The summed E-state index contributed by atoms with van der Waals surface area (Å²) >= 11 is 0. The van der Waals surface area contributed by atoms with E-state index in [4.69, 9.17) is 0 Å². The molecule has 9 aromatic rings. The van der Waals surface area contributed by atoms with Crippen molar-refractivity contribution < 1.29 is 44.6 Å². The minimum atomic E-state index is -0.224. The molecule has 342 valence electrons. The molecule has 6 aromatic carbocycles. The Labute approximate surface area is 424 Å². The Hall–Kier alpha value is -6.00. The van der Waals surface area contributed by atoms with E-state index in [-0.39, 0.29) is 46.0 Å². The number of hydrogen-bond donors (Lipinski definition) is 0. The van der Waals surface area contributed by atoms with Crippen LogP contribution in [0.2, 0.25) is 0 Å². The number of halogens is 1. The zero-order valence-corrected chi connectivity index (χ0v) is 44.7. The fourth-order valence-electron chi connectivity index (χ4n) is 8.07. The van der Waals surface area contributed by atoms with Crippen molar-refractivity contribution in [3.8, 4) is 67.2 Å². The zero-order chi connectivity index (χ0) is 46.2. The van der Waals surface area contributed by atoms with Crippen LogP contribution in [-0.4, -0.2) is 15.0 Å². The van der Waals surface area contributed by atoms with Crippen molar-refractivity contribution in [1.82, 2.24) is 15.0 Å². The van der Waals surface area contributed by atoms with E-state index in [1.54, 1.807) is 12.1 Å². The molecule has 0 aliphatic rings. The maximum absolute atomic E-state index is 13.0. The molecule has 3 heterocycles. The smallest absolute Gasteiger partial charge is 0.123 e.